The topological polar surface area (TPSA) is 88.6 Å². The van der Waals surface area contributed by atoms with Crippen molar-refractivity contribution in [1.82, 2.24) is 9.29 Å². The van der Waals surface area contributed by atoms with E-state index in [1.54, 1.807) is 46.9 Å². The van der Waals surface area contributed by atoms with Crippen LogP contribution in [0.3, 0.4) is 0 Å². The van der Waals surface area contributed by atoms with Crippen LogP contribution in [0.5, 0.6) is 5.88 Å². The number of sulfonamides is 1. The molecule has 1 aliphatic heterocycles. The molecule has 1 fully saturated rings. The first-order chi connectivity index (χ1) is 14.0. The molecule has 1 amide bonds. The van der Waals surface area contributed by atoms with Crippen molar-refractivity contribution in [3.05, 3.63) is 48.2 Å². The number of nitrogens with one attached hydrogen (secondary N) is 1. The number of anilines is 1. The predicted molar refractivity (Wildman–Crippen MR) is 111 cm³/mol. The molecule has 156 valence electrons. The van der Waals surface area contributed by atoms with Gasteiger partial charge < -0.3 is 10.1 Å². The standard InChI is InChI=1S/C21H27N3O4S/c1-28-21-13-9-18(16-22-21)23-20(25)12-8-17-6-10-19(11-7-17)29(26,27)24-14-4-2-3-5-15-24/h6-7,9-11,13,16H,2-5,8,12,14-15H2,1H3,(H,23,25). The largest absolute Gasteiger partial charge is 0.481 e. The number of carbonyl (C=O) groups excluding carboxylic acids is 1. The lowest BCUT2D eigenvalue weighted by Gasteiger charge is -2.20. The summed E-state index contributed by atoms with van der Waals surface area (Å²) in [6.45, 7) is 1.18. The number of pyridine rings is 1. The van der Waals surface area contributed by atoms with E-state index in [0.717, 1.165) is 31.2 Å². The van der Waals surface area contributed by atoms with Crippen molar-refractivity contribution in [2.24, 2.45) is 0 Å². The highest BCUT2D eigenvalue weighted by Crippen LogP contribution is 2.21. The maximum Gasteiger partial charge on any atom is 0.243 e. The van der Waals surface area contributed by atoms with Gasteiger partial charge >= 0.3 is 0 Å². The summed E-state index contributed by atoms with van der Waals surface area (Å²) in [5, 5.41) is 2.79. The van der Waals surface area contributed by atoms with E-state index in [2.05, 4.69) is 10.3 Å². The molecule has 0 atom stereocenters. The van der Waals surface area contributed by atoms with E-state index in [1.165, 1.54) is 7.11 Å². The van der Waals surface area contributed by atoms with Crippen LogP contribution in [0.2, 0.25) is 0 Å². The molecule has 1 saturated heterocycles. The quantitative estimate of drug-likeness (QED) is 0.747. The van der Waals surface area contributed by atoms with E-state index in [9.17, 15) is 13.2 Å². The van der Waals surface area contributed by atoms with E-state index < -0.39 is 10.0 Å². The van der Waals surface area contributed by atoms with E-state index in [0.29, 0.717) is 42.4 Å². The fourth-order valence-corrected chi connectivity index (χ4v) is 4.83. The molecule has 0 spiro atoms. The lowest BCUT2D eigenvalue weighted by Crippen LogP contribution is -2.31. The Kier molecular flexibility index (Phi) is 7.22. The van der Waals surface area contributed by atoms with Crippen molar-refractivity contribution in [3.8, 4) is 5.88 Å². The molecule has 2 heterocycles. The number of aryl methyl sites for hydroxylation is 1. The Labute approximate surface area is 172 Å². The fourth-order valence-electron chi connectivity index (χ4n) is 3.32. The summed E-state index contributed by atoms with van der Waals surface area (Å²) in [5.41, 5.74) is 1.53. The average Bonchev–Trinajstić information content (AvgIpc) is 3.03. The number of methoxy groups -OCH3 is 1. The van der Waals surface area contributed by atoms with Gasteiger partial charge in [-0.15, -0.1) is 0 Å². The third kappa shape index (κ3) is 5.77. The zero-order valence-corrected chi connectivity index (χ0v) is 17.5. The normalized spacial score (nSPS) is 15.5. The summed E-state index contributed by atoms with van der Waals surface area (Å²) in [6, 6.07) is 10.3. The predicted octanol–water partition coefficient (Wildman–Crippen LogP) is 3.23. The lowest BCUT2D eigenvalue weighted by molar-refractivity contribution is -0.116. The Balaban J connectivity index is 1.55. The van der Waals surface area contributed by atoms with Crippen molar-refractivity contribution in [2.75, 3.05) is 25.5 Å². The highest BCUT2D eigenvalue weighted by molar-refractivity contribution is 7.89. The van der Waals surface area contributed by atoms with Crippen molar-refractivity contribution in [1.29, 1.82) is 0 Å². The van der Waals surface area contributed by atoms with Gasteiger partial charge in [-0.1, -0.05) is 25.0 Å². The zero-order valence-electron chi connectivity index (χ0n) is 16.6. The monoisotopic (exact) mass is 417 g/mol. The van der Waals surface area contributed by atoms with E-state index >= 15 is 0 Å². The van der Waals surface area contributed by atoms with Gasteiger partial charge in [0.15, 0.2) is 0 Å². The van der Waals surface area contributed by atoms with Gasteiger partial charge in [-0.3, -0.25) is 4.79 Å². The minimum Gasteiger partial charge on any atom is -0.481 e. The van der Waals surface area contributed by atoms with Gasteiger partial charge in [0.05, 0.1) is 23.9 Å². The number of carbonyl (C=O) groups is 1. The molecule has 1 aromatic carbocycles. The highest BCUT2D eigenvalue weighted by Gasteiger charge is 2.24. The number of hydrogen-bond donors (Lipinski definition) is 1. The van der Waals surface area contributed by atoms with Crippen LogP contribution in [0, 0.1) is 0 Å². The average molecular weight is 418 g/mol. The van der Waals surface area contributed by atoms with Crippen molar-refractivity contribution >= 4 is 21.6 Å². The Morgan fingerprint density at radius 1 is 1.07 bits per heavy atom. The molecule has 0 saturated carbocycles. The number of nitrogens with zero attached hydrogens (tertiary/aromatic N) is 2. The molecule has 8 heteroatoms. The summed E-state index contributed by atoms with van der Waals surface area (Å²) >= 11 is 0. The Morgan fingerprint density at radius 2 is 1.76 bits per heavy atom. The lowest BCUT2D eigenvalue weighted by atomic mass is 10.1. The third-order valence-electron chi connectivity index (χ3n) is 5.00. The van der Waals surface area contributed by atoms with Crippen LogP contribution >= 0.6 is 0 Å². The summed E-state index contributed by atoms with van der Waals surface area (Å²) in [6.07, 6.45) is 6.36. The molecule has 0 aliphatic carbocycles. The van der Waals surface area contributed by atoms with Crippen LogP contribution in [0.1, 0.15) is 37.7 Å². The van der Waals surface area contributed by atoms with Crippen molar-refractivity contribution < 1.29 is 17.9 Å². The molecule has 0 bridgehead atoms. The number of benzene rings is 1. The number of amides is 1. The first-order valence-corrected chi connectivity index (χ1v) is 11.3. The minimum absolute atomic E-state index is 0.127. The van der Waals surface area contributed by atoms with Crippen LogP contribution < -0.4 is 10.1 Å². The van der Waals surface area contributed by atoms with Crippen LogP contribution in [0.25, 0.3) is 0 Å². The second-order valence-corrected chi connectivity index (χ2v) is 9.04. The van der Waals surface area contributed by atoms with Gasteiger partial charge in [0.25, 0.3) is 0 Å². The smallest absolute Gasteiger partial charge is 0.243 e. The van der Waals surface area contributed by atoms with Crippen molar-refractivity contribution in [2.45, 2.75) is 43.4 Å². The maximum absolute atomic E-state index is 12.8. The van der Waals surface area contributed by atoms with E-state index in [-0.39, 0.29) is 5.91 Å². The molecule has 1 aliphatic rings. The Morgan fingerprint density at radius 3 is 2.34 bits per heavy atom. The molecule has 1 N–H and O–H groups in total. The first-order valence-electron chi connectivity index (χ1n) is 9.88. The van der Waals surface area contributed by atoms with Crippen molar-refractivity contribution in [3.63, 3.8) is 0 Å². The van der Waals surface area contributed by atoms with Crippen LogP contribution in [0.4, 0.5) is 5.69 Å². The number of rotatable bonds is 7. The maximum atomic E-state index is 12.8. The van der Waals surface area contributed by atoms with Crippen LogP contribution in [-0.4, -0.2) is 43.8 Å². The van der Waals surface area contributed by atoms with E-state index in [1.807, 2.05) is 0 Å². The second-order valence-electron chi connectivity index (χ2n) is 7.10. The van der Waals surface area contributed by atoms with Gasteiger partial charge in [0, 0.05) is 25.6 Å². The molecule has 1 aromatic heterocycles. The Hall–Kier alpha value is -2.45. The molecule has 29 heavy (non-hydrogen) atoms. The van der Waals surface area contributed by atoms with Gasteiger partial charge in [-0.2, -0.15) is 4.31 Å². The van der Waals surface area contributed by atoms with Gasteiger partial charge in [-0.05, 0) is 43.0 Å². The summed E-state index contributed by atoms with van der Waals surface area (Å²) in [7, 11) is -1.91. The van der Waals surface area contributed by atoms with Crippen LogP contribution in [-0.2, 0) is 21.2 Å². The van der Waals surface area contributed by atoms with Gasteiger partial charge in [0.1, 0.15) is 0 Å². The SMILES string of the molecule is COc1ccc(NC(=O)CCc2ccc(S(=O)(=O)N3CCCCCC3)cc2)cn1. The fraction of sp³-hybridized carbons (Fsp3) is 0.429. The molecule has 0 unspecified atom stereocenters. The number of hydrogen-bond acceptors (Lipinski definition) is 5. The van der Waals surface area contributed by atoms with E-state index in [4.69, 9.17) is 4.74 Å². The highest BCUT2D eigenvalue weighted by atomic mass is 32.2. The van der Waals surface area contributed by atoms with Gasteiger partial charge in [-0.25, -0.2) is 13.4 Å². The number of ether oxygens (including phenoxy) is 1. The second kappa shape index (κ2) is 9.84. The molecule has 3 rings (SSSR count). The summed E-state index contributed by atoms with van der Waals surface area (Å²) < 4.78 is 32.2. The molecular weight excluding hydrogens is 390 g/mol. The molecule has 7 nitrogen and oxygen atoms in total. The summed E-state index contributed by atoms with van der Waals surface area (Å²) in [4.78, 5) is 16.5. The molecule has 0 radical (unpaired) electrons. The van der Waals surface area contributed by atoms with Crippen LogP contribution in [0.15, 0.2) is 47.5 Å². The third-order valence-corrected chi connectivity index (χ3v) is 6.91. The Bertz CT molecular complexity index is 904. The molecule has 2 aromatic rings. The first kappa shape index (κ1) is 21.3. The van der Waals surface area contributed by atoms with Gasteiger partial charge in [0.2, 0.25) is 21.8 Å². The minimum atomic E-state index is -3.44. The zero-order chi connectivity index (χ0) is 20.7. The number of aromatic nitrogens is 1. The summed E-state index contributed by atoms with van der Waals surface area (Å²) in [5.74, 6) is 0.358. The molecular formula is C21H27N3O4S.